The molecule has 3 N–H and O–H groups in total. The summed E-state index contributed by atoms with van der Waals surface area (Å²) in [6.07, 6.45) is 2.29. The normalized spacial score (nSPS) is 22.5. The fraction of sp³-hybridized carbons (Fsp3) is 0.636. The van der Waals surface area contributed by atoms with Crippen LogP contribution in [0.2, 0.25) is 0 Å². The number of carbonyl (C=O) groups is 2. The first-order chi connectivity index (χ1) is 13.4. The van der Waals surface area contributed by atoms with E-state index >= 15 is 0 Å². The zero-order valence-electron chi connectivity index (χ0n) is 17.6. The fourth-order valence-corrected chi connectivity index (χ4v) is 4.36. The zero-order valence-corrected chi connectivity index (χ0v) is 17.6. The topological polar surface area (TPSA) is 58.3 Å². The van der Waals surface area contributed by atoms with E-state index in [0.29, 0.717) is 24.9 Å². The molecule has 2 saturated heterocycles. The maximum Gasteiger partial charge on any atom is 0.279 e. The minimum absolute atomic E-state index is 0.0859. The molecular weight excluding hydrogens is 352 g/mol. The summed E-state index contributed by atoms with van der Waals surface area (Å²) in [6.45, 7) is 13.1. The van der Waals surface area contributed by atoms with Gasteiger partial charge in [0.25, 0.3) is 11.8 Å². The number of amides is 2. The smallest absolute Gasteiger partial charge is 0.279 e. The van der Waals surface area contributed by atoms with Crippen LogP contribution in [0.4, 0.5) is 5.69 Å². The predicted octanol–water partition coefficient (Wildman–Crippen LogP) is -0.537. The largest absolute Gasteiger partial charge is 0.338 e. The second-order valence-corrected chi connectivity index (χ2v) is 8.68. The summed E-state index contributed by atoms with van der Waals surface area (Å²) in [5, 5.41) is 3.16. The van der Waals surface area contributed by atoms with Crippen molar-refractivity contribution in [1.82, 2.24) is 4.90 Å². The molecule has 0 saturated carbocycles. The summed E-state index contributed by atoms with van der Waals surface area (Å²) < 4.78 is 0. The van der Waals surface area contributed by atoms with Gasteiger partial charge in [-0.05, 0) is 36.8 Å². The number of hydrogen-bond donors (Lipinski definition) is 3. The second-order valence-electron chi connectivity index (χ2n) is 8.68. The lowest BCUT2D eigenvalue weighted by Gasteiger charge is -2.30. The molecule has 0 aliphatic carbocycles. The van der Waals surface area contributed by atoms with Crippen LogP contribution in [-0.4, -0.2) is 69.1 Å². The standard InChI is InChI=1S/C22H34N4O2/c1-17(2)19-8-6-7-18(3)22(19)23-20(27)15-24-11-13-25(14-12-24)16-21(28)26-9-4-5-10-26/h6-8,17H,4-5,9-16H2,1-3H3,(H,23,27)/p+2. The van der Waals surface area contributed by atoms with E-state index in [0.717, 1.165) is 63.4 Å². The highest BCUT2D eigenvalue weighted by Crippen LogP contribution is 2.27. The number of aryl methyl sites for hydroxylation is 1. The number of carbonyl (C=O) groups excluding carboxylic acids is 2. The van der Waals surface area contributed by atoms with E-state index in [2.05, 4.69) is 31.3 Å². The molecule has 0 unspecified atom stereocenters. The van der Waals surface area contributed by atoms with Crippen molar-refractivity contribution in [2.24, 2.45) is 0 Å². The number of rotatable bonds is 6. The van der Waals surface area contributed by atoms with Crippen LogP contribution in [0.1, 0.15) is 43.7 Å². The third-order valence-electron chi connectivity index (χ3n) is 6.13. The highest BCUT2D eigenvalue weighted by molar-refractivity contribution is 5.93. The minimum Gasteiger partial charge on any atom is -0.338 e. The molecule has 2 heterocycles. The number of nitrogens with one attached hydrogen (secondary N) is 3. The molecule has 2 amide bonds. The van der Waals surface area contributed by atoms with Crippen molar-refractivity contribution in [2.75, 3.05) is 57.7 Å². The molecule has 2 fully saturated rings. The van der Waals surface area contributed by atoms with Gasteiger partial charge in [0.05, 0.1) is 0 Å². The van der Waals surface area contributed by atoms with E-state index in [9.17, 15) is 9.59 Å². The van der Waals surface area contributed by atoms with E-state index in [1.165, 1.54) is 15.4 Å². The molecule has 1 aromatic rings. The number of hydrogen-bond acceptors (Lipinski definition) is 2. The molecule has 0 aromatic heterocycles. The zero-order chi connectivity index (χ0) is 20.1. The molecule has 6 heteroatoms. The van der Waals surface area contributed by atoms with Gasteiger partial charge >= 0.3 is 0 Å². The van der Waals surface area contributed by atoms with Gasteiger partial charge in [-0.15, -0.1) is 0 Å². The van der Waals surface area contributed by atoms with Gasteiger partial charge in [0.2, 0.25) is 0 Å². The number of para-hydroxylation sites is 1. The molecule has 2 aliphatic heterocycles. The molecule has 28 heavy (non-hydrogen) atoms. The van der Waals surface area contributed by atoms with Gasteiger partial charge < -0.3 is 20.0 Å². The Morgan fingerprint density at radius 3 is 2.25 bits per heavy atom. The maximum atomic E-state index is 12.6. The number of nitrogens with zero attached hydrogens (tertiary/aromatic N) is 1. The lowest BCUT2D eigenvalue weighted by molar-refractivity contribution is -1.00. The van der Waals surface area contributed by atoms with Gasteiger partial charge in [0, 0.05) is 18.8 Å². The predicted molar refractivity (Wildman–Crippen MR) is 111 cm³/mol. The van der Waals surface area contributed by atoms with Gasteiger partial charge in [0.15, 0.2) is 13.1 Å². The molecule has 3 rings (SSSR count). The van der Waals surface area contributed by atoms with Crippen LogP contribution in [0, 0.1) is 6.92 Å². The quantitative estimate of drug-likeness (QED) is 0.613. The molecule has 2 aliphatic rings. The van der Waals surface area contributed by atoms with Crippen LogP contribution in [-0.2, 0) is 9.59 Å². The molecule has 0 bridgehead atoms. The number of likely N-dealkylation sites (tertiary alicyclic amines) is 1. The minimum atomic E-state index is 0.0859. The Balaban J connectivity index is 1.46. The van der Waals surface area contributed by atoms with Gasteiger partial charge in [-0.1, -0.05) is 32.0 Å². The lowest BCUT2D eigenvalue weighted by Crippen LogP contribution is -3.28. The Hall–Kier alpha value is -1.92. The second kappa shape index (κ2) is 9.52. The number of piperazine rings is 1. The van der Waals surface area contributed by atoms with E-state index in [4.69, 9.17) is 0 Å². The Labute approximate surface area is 168 Å². The monoisotopic (exact) mass is 388 g/mol. The third kappa shape index (κ3) is 5.32. The van der Waals surface area contributed by atoms with Gasteiger partial charge in [-0.2, -0.15) is 0 Å². The first-order valence-electron chi connectivity index (χ1n) is 10.8. The van der Waals surface area contributed by atoms with E-state index in [-0.39, 0.29) is 5.91 Å². The van der Waals surface area contributed by atoms with Crippen LogP contribution < -0.4 is 15.1 Å². The van der Waals surface area contributed by atoms with Crippen molar-refractivity contribution in [3.63, 3.8) is 0 Å². The summed E-state index contributed by atoms with van der Waals surface area (Å²) in [5.41, 5.74) is 3.28. The maximum absolute atomic E-state index is 12.6. The fourth-order valence-electron chi connectivity index (χ4n) is 4.36. The van der Waals surface area contributed by atoms with Crippen molar-refractivity contribution in [2.45, 2.75) is 39.5 Å². The highest BCUT2D eigenvalue weighted by Gasteiger charge is 2.29. The number of benzene rings is 1. The Morgan fingerprint density at radius 1 is 1.04 bits per heavy atom. The first-order valence-corrected chi connectivity index (χ1v) is 10.8. The summed E-state index contributed by atoms with van der Waals surface area (Å²) >= 11 is 0. The van der Waals surface area contributed by atoms with Crippen molar-refractivity contribution in [3.8, 4) is 0 Å². The molecule has 0 spiro atoms. The lowest BCUT2D eigenvalue weighted by atomic mass is 9.98. The van der Waals surface area contributed by atoms with E-state index < -0.39 is 0 Å². The summed E-state index contributed by atoms with van der Waals surface area (Å²) in [5.74, 6) is 0.764. The molecule has 0 radical (unpaired) electrons. The molecule has 1 aromatic carbocycles. The van der Waals surface area contributed by atoms with E-state index in [1.54, 1.807) is 0 Å². The third-order valence-corrected chi connectivity index (χ3v) is 6.13. The van der Waals surface area contributed by atoms with Crippen LogP contribution in [0.5, 0.6) is 0 Å². The Morgan fingerprint density at radius 2 is 1.64 bits per heavy atom. The van der Waals surface area contributed by atoms with Crippen molar-refractivity contribution < 1.29 is 19.4 Å². The first kappa shape index (κ1) is 20.8. The number of anilines is 1. The van der Waals surface area contributed by atoms with Crippen molar-refractivity contribution in [1.29, 1.82) is 0 Å². The molecule has 6 nitrogen and oxygen atoms in total. The van der Waals surface area contributed by atoms with Crippen LogP contribution >= 0.6 is 0 Å². The Bertz CT molecular complexity index is 690. The van der Waals surface area contributed by atoms with Crippen LogP contribution in [0.15, 0.2) is 18.2 Å². The van der Waals surface area contributed by atoms with Gasteiger partial charge in [0.1, 0.15) is 26.2 Å². The highest BCUT2D eigenvalue weighted by atomic mass is 16.2. The van der Waals surface area contributed by atoms with Crippen molar-refractivity contribution in [3.05, 3.63) is 29.3 Å². The number of quaternary nitrogens is 2. The average molecular weight is 389 g/mol. The SMILES string of the molecule is Cc1cccc(C(C)C)c1NC(=O)C[NH+]1CC[NH+](CC(=O)N2CCCC2)CC1. The van der Waals surface area contributed by atoms with Gasteiger partial charge in [-0.3, -0.25) is 9.59 Å². The molecule has 0 atom stereocenters. The Kier molecular flexibility index (Phi) is 7.08. The van der Waals surface area contributed by atoms with Gasteiger partial charge in [-0.25, -0.2) is 0 Å². The average Bonchev–Trinajstić information content (AvgIpc) is 3.19. The summed E-state index contributed by atoms with van der Waals surface area (Å²) in [6, 6.07) is 6.20. The summed E-state index contributed by atoms with van der Waals surface area (Å²) in [7, 11) is 0. The van der Waals surface area contributed by atoms with E-state index in [1.807, 2.05) is 17.9 Å². The van der Waals surface area contributed by atoms with Crippen LogP contribution in [0.3, 0.4) is 0 Å². The summed E-state index contributed by atoms with van der Waals surface area (Å²) in [4.78, 5) is 29.7. The van der Waals surface area contributed by atoms with Crippen molar-refractivity contribution >= 4 is 17.5 Å². The molecule has 154 valence electrons. The molecular formula is C22H36N4O2+2. The van der Waals surface area contributed by atoms with Crippen LogP contribution in [0.25, 0.3) is 0 Å².